The first-order chi connectivity index (χ1) is 56.5. The summed E-state index contributed by atoms with van der Waals surface area (Å²) in [6, 6.07) is 72.7. The number of ether oxygens (including phenoxy) is 2. The van der Waals surface area contributed by atoms with E-state index < -0.39 is 46.7 Å². The Morgan fingerprint density at radius 1 is 0.353 bits per heavy atom. The smallest absolute Gasteiger partial charge is 0.422 e. The molecular weight excluding hydrogens is 1520 g/mol. The number of pyridine rings is 5. The van der Waals surface area contributed by atoms with Gasteiger partial charge >= 0.3 is 12.4 Å². The molecule has 20 heteroatoms. The van der Waals surface area contributed by atoms with Crippen LogP contribution in [0, 0.1) is 71.7 Å². The molecule has 0 saturated heterocycles. The van der Waals surface area contributed by atoms with E-state index in [1.54, 1.807) is 58.0 Å². The Kier molecular flexibility index (Phi) is 27.0. The van der Waals surface area contributed by atoms with Crippen molar-refractivity contribution < 1.29 is 80.8 Å². The van der Waals surface area contributed by atoms with Gasteiger partial charge in [-0.15, -0.1) is 0 Å². The van der Waals surface area contributed by atoms with Crippen molar-refractivity contribution in [3.05, 3.63) is 341 Å². The highest BCUT2D eigenvalue weighted by atomic mass is 19.4. The maximum Gasteiger partial charge on any atom is 0.422 e. The SMILES string of the molecule is COc1cc[n+](C)c(-c2c(C)cc(F)cc2F)c1.COc1ccc(C)c(-c2c3ccccc3cc[n+]2C)c1.Cc1cc(F)cc(F)c1-c1ccc(C(F)(F)F)c[n+]1C.Cc1ccc(C(F)(F)F)cc1-c1[nH]c2ccccc2[n+]1C.Cc1ccc(C)c(-c2c3ccccc3cc[n+]2C)c1.Cc1ccc(N(C)C)cc1-c1c2ccccc2cc[n+]1C. The van der Waals surface area contributed by atoms with Crippen molar-refractivity contribution in [3.8, 4) is 79.2 Å². The van der Waals surface area contributed by atoms with Crippen LogP contribution in [0.5, 0.6) is 11.5 Å². The van der Waals surface area contributed by atoms with E-state index >= 15 is 0 Å². The highest BCUT2D eigenvalue weighted by Crippen LogP contribution is 2.38. The number of rotatable bonds is 9. The van der Waals surface area contributed by atoms with Crippen molar-refractivity contribution in [2.75, 3.05) is 33.2 Å². The number of aromatic amines is 1. The second-order valence-corrected chi connectivity index (χ2v) is 29.7. The number of halogens is 10. The molecule has 0 aliphatic rings. The van der Waals surface area contributed by atoms with Gasteiger partial charge in [0.1, 0.15) is 75.6 Å². The molecule has 0 aliphatic carbocycles. The zero-order valence-electron chi connectivity index (χ0n) is 69.6. The van der Waals surface area contributed by atoms with E-state index in [2.05, 4.69) is 245 Å². The molecule has 0 amide bonds. The van der Waals surface area contributed by atoms with Crippen molar-refractivity contribution in [1.82, 2.24) is 4.98 Å². The zero-order valence-corrected chi connectivity index (χ0v) is 69.6. The average molecular weight is 1620 g/mol. The van der Waals surface area contributed by atoms with Crippen molar-refractivity contribution in [3.63, 3.8) is 0 Å². The number of para-hydroxylation sites is 2. The quantitative estimate of drug-likeness (QED) is 0.116. The lowest BCUT2D eigenvalue weighted by Gasteiger charge is -2.15. The number of hydrogen-bond acceptors (Lipinski definition) is 3. The summed E-state index contributed by atoms with van der Waals surface area (Å²) < 4.78 is 152. The molecule has 119 heavy (non-hydrogen) atoms. The molecule has 0 fully saturated rings. The fraction of sp³-hybridized carbons (Fsp3) is 0.192. The van der Waals surface area contributed by atoms with Crippen molar-refractivity contribution in [2.24, 2.45) is 42.3 Å². The summed E-state index contributed by atoms with van der Waals surface area (Å²) in [4.78, 5) is 5.34. The van der Waals surface area contributed by atoms with E-state index in [9.17, 15) is 43.9 Å². The summed E-state index contributed by atoms with van der Waals surface area (Å²) in [5, 5.41) is 7.68. The minimum atomic E-state index is -4.47. The van der Waals surface area contributed by atoms with Crippen molar-refractivity contribution in [2.45, 2.75) is 60.8 Å². The predicted octanol–water partition coefficient (Wildman–Crippen LogP) is 21.8. The molecule has 608 valence electrons. The highest BCUT2D eigenvalue weighted by Gasteiger charge is 2.35. The van der Waals surface area contributed by atoms with Crippen LogP contribution in [0.2, 0.25) is 0 Å². The number of nitrogens with zero attached hydrogens (tertiary/aromatic N) is 7. The van der Waals surface area contributed by atoms with E-state index in [4.69, 9.17) is 9.47 Å². The van der Waals surface area contributed by atoms with Gasteiger partial charge in [-0.25, -0.2) is 49.9 Å². The summed E-state index contributed by atoms with van der Waals surface area (Å²) in [5.74, 6) is -0.489. The normalized spacial score (nSPS) is 11.2. The Hall–Kier alpha value is -13.1. The molecule has 0 atom stereocenters. The van der Waals surface area contributed by atoms with Gasteiger partial charge in [0.2, 0.25) is 28.5 Å². The van der Waals surface area contributed by atoms with Crippen LogP contribution in [0.1, 0.15) is 50.1 Å². The maximum atomic E-state index is 13.9. The number of imidazole rings is 1. The second kappa shape index (κ2) is 37.0. The third kappa shape index (κ3) is 20.0. The minimum Gasteiger partial charge on any atom is -0.497 e. The molecule has 0 spiro atoms. The summed E-state index contributed by atoms with van der Waals surface area (Å²) in [5.41, 5.74) is 18.0. The standard InChI is InChI=1S/C19H21N2.C18H18NO.C18H18N.C16H13F3N2.C14H11F5N.C14H14F2NO/c1-14-9-10-16(20(2)3)13-18(14)19-17-8-6-5-7-15(17)11-12-21(19)4;1-13-8-9-15(20-3)12-17(13)18-16-7-5-4-6-14(16)10-11-19(18)2;1-13-8-9-14(2)17(12-13)18-16-7-5-4-6-15(16)10-11-19(18)3;1-10-7-8-11(16(17,18)19)9-12(10)15-20-13-5-3-4-6-14(13)21(15)2;1-8-5-10(15)6-11(16)13(8)12-4-3-9(7-20(12)2)14(17,18)19;1-9-6-10(15)7-12(16)14(9)13-8-11(18-3)4-5-17(13)2/h5-13H,1-4H3;4-12H,1-3H3;4-12H,1-3H3;3-9H,1-2H3;3-7H,1-2H3;4-8H,1-3H3/q3*+1;;2*+1/p+1. The molecule has 16 aromatic rings. The maximum absolute atomic E-state index is 13.9. The van der Waals surface area contributed by atoms with Crippen LogP contribution in [0.3, 0.4) is 0 Å². The van der Waals surface area contributed by atoms with Crippen molar-refractivity contribution in [1.29, 1.82) is 0 Å². The van der Waals surface area contributed by atoms with Crippen LogP contribution in [0.15, 0.2) is 268 Å². The third-order valence-corrected chi connectivity index (χ3v) is 21.0. The monoisotopic (exact) mass is 1620 g/mol. The first-order valence-corrected chi connectivity index (χ1v) is 38.4. The number of nitrogens with one attached hydrogen (secondary N) is 1. The van der Waals surface area contributed by atoms with E-state index in [0.717, 1.165) is 52.8 Å². The molecule has 6 aromatic heterocycles. The van der Waals surface area contributed by atoms with Gasteiger partial charge in [-0.05, 0) is 189 Å². The molecule has 0 saturated carbocycles. The number of fused-ring (bicyclic) bond motifs is 4. The van der Waals surface area contributed by atoms with Gasteiger partial charge in [-0.3, -0.25) is 0 Å². The summed E-state index contributed by atoms with van der Waals surface area (Å²) in [6.45, 7) is 13.6. The Balaban J connectivity index is 0.000000140. The third-order valence-electron chi connectivity index (χ3n) is 21.0. The fourth-order valence-electron chi connectivity index (χ4n) is 14.6. The Morgan fingerprint density at radius 3 is 1.25 bits per heavy atom. The van der Waals surface area contributed by atoms with E-state index in [1.165, 1.54) is 137 Å². The molecule has 0 bridgehead atoms. The summed E-state index contributed by atoms with van der Waals surface area (Å²) >= 11 is 0. The van der Waals surface area contributed by atoms with Gasteiger partial charge in [-0.1, -0.05) is 103 Å². The molecule has 0 unspecified atom stereocenters. The molecule has 1 N–H and O–H groups in total. The van der Waals surface area contributed by atoms with E-state index in [-0.39, 0.29) is 11.3 Å². The molecule has 6 heterocycles. The molecule has 10 nitrogen and oxygen atoms in total. The zero-order chi connectivity index (χ0) is 86.1. The van der Waals surface area contributed by atoms with E-state index in [0.29, 0.717) is 45.6 Å². The predicted molar refractivity (Wildman–Crippen MR) is 453 cm³/mol. The van der Waals surface area contributed by atoms with Gasteiger partial charge in [0.25, 0.3) is 5.82 Å². The fourth-order valence-corrected chi connectivity index (χ4v) is 14.6. The number of hydrogen-bond donors (Lipinski definition) is 1. The van der Waals surface area contributed by atoms with Crippen LogP contribution in [0.4, 0.5) is 49.6 Å². The molecular formula is C99H96F10N8O2+6. The first kappa shape index (κ1) is 86.8. The van der Waals surface area contributed by atoms with Gasteiger partial charge in [0.05, 0.1) is 76.9 Å². The van der Waals surface area contributed by atoms with Crippen LogP contribution in [-0.4, -0.2) is 33.3 Å². The number of aromatic nitrogens is 7. The van der Waals surface area contributed by atoms with Crippen molar-refractivity contribution >= 4 is 49.0 Å². The van der Waals surface area contributed by atoms with Gasteiger partial charge in [-0.2, -0.15) is 26.3 Å². The van der Waals surface area contributed by atoms with Gasteiger partial charge in [0, 0.05) is 67.8 Å². The lowest BCUT2D eigenvalue weighted by Crippen LogP contribution is -2.33. The molecule has 10 aromatic carbocycles. The second-order valence-electron chi connectivity index (χ2n) is 29.7. The number of H-pyrrole nitrogens is 1. The summed E-state index contributed by atoms with van der Waals surface area (Å²) in [6.07, 6.45) is 0.225. The molecule has 0 radical (unpaired) electrons. The minimum absolute atomic E-state index is 0.0858. The first-order valence-electron chi connectivity index (χ1n) is 38.4. The van der Waals surface area contributed by atoms with Crippen LogP contribution in [0.25, 0.3) is 111 Å². The number of benzene rings is 10. The Labute approximate surface area is 687 Å². The van der Waals surface area contributed by atoms with E-state index in [1.807, 2.05) is 41.9 Å². The molecule has 16 rings (SSSR count). The van der Waals surface area contributed by atoms with Crippen LogP contribution in [-0.2, 0) is 54.6 Å². The number of aryl methyl sites for hydroxylation is 13. The van der Waals surface area contributed by atoms with Crippen LogP contribution >= 0.6 is 0 Å². The topological polar surface area (TPSA) is 60.8 Å². The Bertz CT molecular complexity index is 6370. The lowest BCUT2D eigenvalue weighted by atomic mass is 9.98. The van der Waals surface area contributed by atoms with Crippen LogP contribution < -0.4 is 41.8 Å². The average Bonchev–Trinajstić information content (AvgIpc) is 1.45. The number of methoxy groups -OCH3 is 2. The highest BCUT2D eigenvalue weighted by molar-refractivity contribution is 5.96. The molecule has 0 aliphatic heterocycles. The summed E-state index contributed by atoms with van der Waals surface area (Å²) in [7, 11) is 18.8. The Morgan fingerprint density at radius 2 is 0.773 bits per heavy atom. The van der Waals surface area contributed by atoms with Gasteiger partial charge < -0.3 is 14.4 Å². The number of anilines is 1. The number of alkyl halides is 6. The largest absolute Gasteiger partial charge is 0.497 e. The lowest BCUT2D eigenvalue weighted by molar-refractivity contribution is -0.661. The van der Waals surface area contributed by atoms with Gasteiger partial charge in [0.15, 0.2) is 42.0 Å².